The van der Waals surface area contributed by atoms with Crippen LogP contribution in [0.25, 0.3) is 0 Å². The Morgan fingerprint density at radius 3 is 1.62 bits per heavy atom. The van der Waals surface area contributed by atoms with Gasteiger partial charge < -0.3 is 14.6 Å². The Balaban J connectivity index is 1.97. The van der Waals surface area contributed by atoms with Crippen LogP contribution in [0.15, 0.2) is 91.0 Å². The van der Waals surface area contributed by atoms with Crippen LogP contribution in [0.1, 0.15) is 76.9 Å². The van der Waals surface area contributed by atoms with Gasteiger partial charge in [-0.05, 0) is 42.7 Å². The summed E-state index contributed by atoms with van der Waals surface area (Å²) in [5.41, 5.74) is 0.788. The Hall–Kier alpha value is -2.78. The zero-order chi connectivity index (χ0) is 24.1. The maximum atomic E-state index is 11.9. The SMILES string of the molecule is CCCCCCCCC(CC)C(Oc1ccccc1)(Oc1ccccc1)C(O)c1ccccc1. The van der Waals surface area contributed by atoms with E-state index in [0.717, 1.165) is 24.8 Å². The maximum Gasteiger partial charge on any atom is 0.283 e. The molecule has 0 bridgehead atoms. The molecule has 0 aliphatic carbocycles. The molecule has 0 amide bonds. The molecular weight excluding hydrogens is 420 g/mol. The van der Waals surface area contributed by atoms with Crippen molar-refractivity contribution in [3.63, 3.8) is 0 Å². The van der Waals surface area contributed by atoms with E-state index >= 15 is 0 Å². The molecule has 0 radical (unpaired) electrons. The molecule has 0 saturated carbocycles. The van der Waals surface area contributed by atoms with E-state index < -0.39 is 11.9 Å². The van der Waals surface area contributed by atoms with Crippen molar-refractivity contribution in [3.8, 4) is 11.5 Å². The van der Waals surface area contributed by atoms with Gasteiger partial charge in [0.15, 0.2) is 6.10 Å². The van der Waals surface area contributed by atoms with E-state index in [-0.39, 0.29) is 5.92 Å². The van der Waals surface area contributed by atoms with Crippen LogP contribution >= 0.6 is 0 Å². The number of aliphatic hydroxyl groups is 1. The van der Waals surface area contributed by atoms with Gasteiger partial charge in [0, 0.05) is 5.92 Å². The largest absolute Gasteiger partial charge is 0.449 e. The Morgan fingerprint density at radius 2 is 1.12 bits per heavy atom. The second-order valence-corrected chi connectivity index (χ2v) is 9.03. The third-order valence-electron chi connectivity index (χ3n) is 6.51. The number of hydrogen-bond donors (Lipinski definition) is 1. The van der Waals surface area contributed by atoms with Crippen LogP contribution in [-0.2, 0) is 0 Å². The standard InChI is InChI=1S/C31H40O3/c1-3-5-6-7-8-14-21-27(4-2)31(33-28-22-15-10-16-23-28,34-29-24-17-11-18-25-29)30(32)26-19-12-9-13-20-26/h9-13,15-20,22-25,27,30,32H,3-8,14,21H2,1-2H3. The number of benzene rings is 3. The molecule has 3 heteroatoms. The molecule has 0 aliphatic heterocycles. The zero-order valence-electron chi connectivity index (χ0n) is 20.7. The Morgan fingerprint density at radius 1 is 0.647 bits per heavy atom. The normalized spacial score (nSPS) is 13.3. The lowest BCUT2D eigenvalue weighted by Crippen LogP contribution is -2.54. The van der Waals surface area contributed by atoms with Crippen LogP contribution < -0.4 is 9.47 Å². The van der Waals surface area contributed by atoms with Gasteiger partial charge in [-0.2, -0.15) is 0 Å². The molecular formula is C31H40O3. The molecule has 2 unspecified atom stereocenters. The molecule has 3 rings (SSSR count). The van der Waals surface area contributed by atoms with Gasteiger partial charge in [-0.15, -0.1) is 0 Å². The van der Waals surface area contributed by atoms with E-state index in [0.29, 0.717) is 11.5 Å². The molecule has 0 saturated heterocycles. The third-order valence-corrected chi connectivity index (χ3v) is 6.51. The van der Waals surface area contributed by atoms with Gasteiger partial charge in [-0.3, -0.25) is 0 Å². The lowest BCUT2D eigenvalue weighted by Gasteiger charge is -2.43. The van der Waals surface area contributed by atoms with Crippen molar-refractivity contribution in [1.29, 1.82) is 0 Å². The minimum Gasteiger partial charge on any atom is -0.449 e. The summed E-state index contributed by atoms with van der Waals surface area (Å²) < 4.78 is 13.4. The van der Waals surface area contributed by atoms with Crippen molar-refractivity contribution >= 4 is 0 Å². The van der Waals surface area contributed by atoms with Crippen molar-refractivity contribution in [1.82, 2.24) is 0 Å². The fraction of sp³-hybridized carbons (Fsp3) is 0.419. The van der Waals surface area contributed by atoms with Gasteiger partial charge in [-0.1, -0.05) is 119 Å². The first-order valence-electron chi connectivity index (χ1n) is 12.9. The second-order valence-electron chi connectivity index (χ2n) is 9.03. The molecule has 0 fully saturated rings. The minimum atomic E-state index is -1.26. The van der Waals surface area contributed by atoms with Crippen LogP contribution in [0.4, 0.5) is 0 Å². The zero-order valence-corrected chi connectivity index (χ0v) is 20.7. The molecule has 34 heavy (non-hydrogen) atoms. The molecule has 1 N–H and O–H groups in total. The number of ether oxygens (including phenoxy) is 2. The van der Waals surface area contributed by atoms with Gasteiger partial charge in [0.2, 0.25) is 0 Å². The summed E-state index contributed by atoms with van der Waals surface area (Å²) in [6.45, 7) is 4.41. The van der Waals surface area contributed by atoms with Crippen LogP contribution in [0.5, 0.6) is 11.5 Å². The summed E-state index contributed by atoms with van der Waals surface area (Å²) in [6.07, 6.45) is 8.14. The topological polar surface area (TPSA) is 38.7 Å². The Kier molecular flexibility index (Phi) is 10.5. The monoisotopic (exact) mass is 460 g/mol. The molecule has 182 valence electrons. The first-order chi connectivity index (χ1) is 16.7. The predicted octanol–water partition coefficient (Wildman–Crippen LogP) is 8.35. The van der Waals surface area contributed by atoms with Gasteiger partial charge in [-0.25, -0.2) is 0 Å². The summed E-state index contributed by atoms with van der Waals surface area (Å²) in [5, 5.41) is 11.9. The van der Waals surface area contributed by atoms with E-state index in [1.54, 1.807) is 0 Å². The third kappa shape index (κ3) is 7.11. The molecule has 0 aliphatic rings. The highest BCUT2D eigenvalue weighted by Crippen LogP contribution is 2.42. The number of para-hydroxylation sites is 2. The molecule has 3 aromatic rings. The highest BCUT2D eigenvalue weighted by atomic mass is 16.7. The highest BCUT2D eigenvalue weighted by Gasteiger charge is 2.50. The van der Waals surface area contributed by atoms with E-state index in [4.69, 9.17) is 9.47 Å². The number of unbranched alkanes of at least 4 members (excludes halogenated alkanes) is 5. The van der Waals surface area contributed by atoms with E-state index in [9.17, 15) is 5.11 Å². The molecule has 2 atom stereocenters. The summed E-state index contributed by atoms with van der Waals surface area (Å²) in [5.74, 6) is 0.112. The van der Waals surface area contributed by atoms with Gasteiger partial charge >= 0.3 is 0 Å². The number of aliphatic hydroxyl groups excluding tert-OH is 1. The average Bonchev–Trinajstić information content (AvgIpc) is 2.89. The minimum absolute atomic E-state index is 0.00528. The molecule has 0 heterocycles. The van der Waals surface area contributed by atoms with Crippen molar-refractivity contribution in [2.24, 2.45) is 5.92 Å². The van der Waals surface area contributed by atoms with Crippen molar-refractivity contribution < 1.29 is 14.6 Å². The number of hydrogen-bond acceptors (Lipinski definition) is 3. The van der Waals surface area contributed by atoms with Crippen LogP contribution in [0.2, 0.25) is 0 Å². The molecule has 3 nitrogen and oxygen atoms in total. The predicted molar refractivity (Wildman–Crippen MR) is 140 cm³/mol. The summed E-state index contributed by atoms with van der Waals surface area (Å²) in [4.78, 5) is 0. The average molecular weight is 461 g/mol. The lowest BCUT2D eigenvalue weighted by atomic mass is 9.83. The smallest absolute Gasteiger partial charge is 0.283 e. The van der Waals surface area contributed by atoms with E-state index in [1.165, 1.54) is 32.1 Å². The fourth-order valence-electron chi connectivity index (χ4n) is 4.60. The van der Waals surface area contributed by atoms with E-state index in [1.807, 2.05) is 91.0 Å². The quantitative estimate of drug-likeness (QED) is 0.183. The van der Waals surface area contributed by atoms with Crippen LogP contribution in [0, 0.1) is 5.92 Å². The Labute approximate surface area is 205 Å². The highest BCUT2D eigenvalue weighted by molar-refractivity contribution is 5.28. The van der Waals surface area contributed by atoms with Gasteiger partial charge in [0.1, 0.15) is 11.5 Å². The molecule has 3 aromatic carbocycles. The van der Waals surface area contributed by atoms with Crippen molar-refractivity contribution in [3.05, 3.63) is 96.6 Å². The van der Waals surface area contributed by atoms with Crippen LogP contribution in [0.3, 0.4) is 0 Å². The first-order valence-corrected chi connectivity index (χ1v) is 12.9. The second kappa shape index (κ2) is 13.8. The molecule has 0 aromatic heterocycles. The Bertz CT molecular complexity index is 870. The summed E-state index contributed by atoms with van der Waals surface area (Å²) >= 11 is 0. The summed E-state index contributed by atoms with van der Waals surface area (Å²) in [6, 6.07) is 29.2. The fourth-order valence-corrected chi connectivity index (χ4v) is 4.60. The van der Waals surface area contributed by atoms with Crippen LogP contribution in [-0.4, -0.2) is 10.9 Å². The van der Waals surface area contributed by atoms with E-state index in [2.05, 4.69) is 13.8 Å². The first kappa shape index (κ1) is 25.8. The number of rotatable bonds is 15. The molecule has 0 spiro atoms. The summed E-state index contributed by atoms with van der Waals surface area (Å²) in [7, 11) is 0. The maximum absolute atomic E-state index is 11.9. The van der Waals surface area contributed by atoms with Crippen molar-refractivity contribution in [2.75, 3.05) is 0 Å². The van der Waals surface area contributed by atoms with Crippen molar-refractivity contribution in [2.45, 2.75) is 77.1 Å². The lowest BCUT2D eigenvalue weighted by molar-refractivity contribution is -0.225. The van der Waals surface area contributed by atoms with Gasteiger partial charge in [0.05, 0.1) is 0 Å². The van der Waals surface area contributed by atoms with Gasteiger partial charge in [0.25, 0.3) is 5.79 Å².